The Morgan fingerprint density at radius 1 is 0.462 bits per heavy atom. The molecule has 5 saturated heterocycles. The first-order chi connectivity index (χ1) is 25.0. The number of rotatable bonds is 6. The summed E-state index contributed by atoms with van der Waals surface area (Å²) in [5.74, 6) is -5.64. The summed E-state index contributed by atoms with van der Waals surface area (Å²) in [4.78, 5) is 50.5. The van der Waals surface area contributed by atoms with E-state index in [1.807, 2.05) is 0 Å². The Labute approximate surface area is 312 Å². The molecular weight excluding hydrogens is 726 g/mol. The van der Waals surface area contributed by atoms with Crippen molar-refractivity contribution in [1.29, 1.82) is 0 Å². The van der Waals surface area contributed by atoms with E-state index in [1.165, 1.54) is 19.3 Å². The molecule has 17 heteroatoms. The standard InChI is InChI=1S/C35H52N8O8.Zn/c44-23(45)13-21(34(48)49)25(35(50)51)20-12-22-36-26-14-6-1-2-7-15(14)27(38-26)39-28-16-8-3-4-9-17(16)29(40-28)41-30-18-10-5-11-19(33(46)47)24(18)32(42-30)43-31(20)37-22;/h14-20,22,24,26-32,36-43H,1-12H2,(H,44,45)(H,46,47)(H,48,49)(H,50,51);/b25-21-;. The van der Waals surface area contributed by atoms with Gasteiger partial charge in [-0.25, -0.2) is 0 Å². The summed E-state index contributed by atoms with van der Waals surface area (Å²) in [6, 6.07) is 0. The predicted molar refractivity (Wildman–Crippen MR) is 181 cm³/mol. The fourth-order valence-corrected chi connectivity index (χ4v) is 12.6. The van der Waals surface area contributed by atoms with Gasteiger partial charge >= 0.3 is 281 Å². The molecular formula is C35H52N8O8Zn. The van der Waals surface area contributed by atoms with Crippen LogP contribution in [0.2, 0.25) is 0 Å². The van der Waals surface area contributed by atoms with Gasteiger partial charge in [-0.05, 0) is 18.8 Å². The first kappa shape index (κ1) is 36.8. The molecule has 5 heterocycles. The number of carboxylic acid groups (broad SMARTS) is 4. The van der Waals surface area contributed by atoms with E-state index in [2.05, 4.69) is 42.5 Å². The Balaban J connectivity index is 1.20. The summed E-state index contributed by atoms with van der Waals surface area (Å²) in [6.07, 6.45) is 9.58. The van der Waals surface area contributed by atoms with E-state index in [9.17, 15) is 39.6 Å². The van der Waals surface area contributed by atoms with Crippen molar-refractivity contribution in [2.24, 2.45) is 47.3 Å². The number of hydrogen-bond donors (Lipinski definition) is 12. The molecule has 0 spiro atoms. The van der Waals surface area contributed by atoms with Crippen LogP contribution in [0.25, 0.3) is 0 Å². The van der Waals surface area contributed by atoms with Crippen LogP contribution in [-0.4, -0.2) is 97.7 Å². The van der Waals surface area contributed by atoms with E-state index < -0.39 is 69.5 Å². The van der Waals surface area contributed by atoms with Crippen LogP contribution in [0.4, 0.5) is 0 Å². The van der Waals surface area contributed by atoms with E-state index in [1.54, 1.807) is 0 Å². The summed E-state index contributed by atoms with van der Waals surface area (Å²) in [5.41, 5.74) is -1.13. The van der Waals surface area contributed by atoms with Gasteiger partial charge in [-0.1, -0.05) is 12.8 Å². The van der Waals surface area contributed by atoms with E-state index in [0.29, 0.717) is 30.1 Å². The Kier molecular flexibility index (Phi) is 10.5. The molecule has 0 aromatic heterocycles. The SMILES string of the molecule is O=C(O)[C](=[Zn])/C(C(=O)O)=C(/C(=O)O)C1CC2NC1NC1NC(NC3NC(NC4NC(N2)C2CCCCC42)C2CCCCC32)C2CCCC(C(=O)O)C12. The van der Waals surface area contributed by atoms with Crippen LogP contribution >= 0.6 is 0 Å². The summed E-state index contributed by atoms with van der Waals surface area (Å²) >= 11 is -0.0449. The van der Waals surface area contributed by atoms with Crippen LogP contribution in [0.1, 0.15) is 77.0 Å². The fraction of sp³-hybridized carbons (Fsp3) is 0.800. The van der Waals surface area contributed by atoms with Crippen molar-refractivity contribution in [2.45, 2.75) is 126 Å². The zero-order valence-corrected chi connectivity index (χ0v) is 32.3. The van der Waals surface area contributed by atoms with Gasteiger partial charge in [-0.3, -0.25) is 0 Å². The van der Waals surface area contributed by atoms with Crippen LogP contribution in [0.5, 0.6) is 0 Å². The fourth-order valence-electron chi connectivity index (χ4n) is 11.9. The molecule has 12 N–H and O–H groups in total. The summed E-state index contributed by atoms with van der Waals surface area (Å²) in [5, 5.41) is 71.6. The van der Waals surface area contributed by atoms with E-state index >= 15 is 0 Å². The average Bonchev–Trinajstić information content (AvgIpc) is 3.86. The Bertz CT molecular complexity index is 1520. The number of nitrogens with one attached hydrogen (secondary N) is 8. The quantitative estimate of drug-likeness (QED) is 0.119. The number of carbonyl (C=O) groups is 4. The topological polar surface area (TPSA) is 245 Å². The molecule has 16 unspecified atom stereocenters. The third-order valence-electron chi connectivity index (χ3n) is 14.1. The van der Waals surface area contributed by atoms with Crippen molar-refractivity contribution < 1.29 is 57.5 Å². The molecule has 8 fully saturated rings. The molecule has 52 heavy (non-hydrogen) atoms. The van der Waals surface area contributed by atoms with Gasteiger partial charge in [0, 0.05) is 0 Å². The van der Waals surface area contributed by atoms with Crippen LogP contribution in [-0.2, 0) is 37.0 Å². The number of hydrogen-bond acceptors (Lipinski definition) is 12. The van der Waals surface area contributed by atoms with Crippen LogP contribution in [0.3, 0.4) is 0 Å². The Morgan fingerprint density at radius 3 is 1.38 bits per heavy atom. The van der Waals surface area contributed by atoms with Crippen molar-refractivity contribution in [3.63, 3.8) is 0 Å². The van der Waals surface area contributed by atoms with Gasteiger partial charge in [-0.15, -0.1) is 0 Å². The van der Waals surface area contributed by atoms with E-state index in [-0.39, 0.29) is 66.9 Å². The van der Waals surface area contributed by atoms with Crippen LogP contribution in [0.15, 0.2) is 11.1 Å². The van der Waals surface area contributed by atoms with Crippen molar-refractivity contribution in [3.8, 4) is 0 Å². The van der Waals surface area contributed by atoms with Gasteiger partial charge in [0.25, 0.3) is 0 Å². The molecule has 3 saturated carbocycles. The molecule has 0 radical (unpaired) electrons. The molecule has 8 bridgehead atoms. The molecule has 8 aliphatic rings. The maximum atomic E-state index is 13.0. The number of aliphatic carboxylic acids is 4. The summed E-state index contributed by atoms with van der Waals surface area (Å²) in [7, 11) is 0. The van der Waals surface area contributed by atoms with Crippen LogP contribution in [0, 0.1) is 47.3 Å². The van der Waals surface area contributed by atoms with Gasteiger partial charge in [0.2, 0.25) is 0 Å². The van der Waals surface area contributed by atoms with E-state index in [4.69, 9.17) is 0 Å². The van der Waals surface area contributed by atoms with Gasteiger partial charge in [0.05, 0.1) is 0 Å². The summed E-state index contributed by atoms with van der Waals surface area (Å²) < 4.78 is -0.431. The molecule has 0 amide bonds. The Hall–Kier alpha value is -2.21. The Morgan fingerprint density at radius 2 is 0.904 bits per heavy atom. The van der Waals surface area contributed by atoms with Crippen molar-refractivity contribution >= 4 is 28.0 Å². The molecule has 0 aromatic rings. The van der Waals surface area contributed by atoms with Gasteiger partial charge < -0.3 is 0 Å². The molecule has 5 aliphatic heterocycles. The molecule has 16 nitrogen and oxygen atoms in total. The van der Waals surface area contributed by atoms with Gasteiger partial charge in [-0.2, -0.15) is 0 Å². The second kappa shape index (κ2) is 14.8. The monoisotopic (exact) mass is 776 g/mol. The number of carboxylic acids is 4. The van der Waals surface area contributed by atoms with Gasteiger partial charge in [0.1, 0.15) is 0 Å². The average molecular weight is 778 g/mol. The normalized spacial score (nSPS) is 46.0. The first-order valence-electron chi connectivity index (χ1n) is 19.4. The van der Waals surface area contributed by atoms with Crippen molar-refractivity contribution in [3.05, 3.63) is 11.1 Å². The zero-order chi connectivity index (χ0) is 36.4. The second-order valence-electron chi connectivity index (χ2n) is 16.6. The summed E-state index contributed by atoms with van der Waals surface area (Å²) in [6.45, 7) is 0. The van der Waals surface area contributed by atoms with Crippen LogP contribution < -0.4 is 42.5 Å². The molecule has 16 atom stereocenters. The second-order valence-corrected chi connectivity index (χ2v) is 18.1. The minimum absolute atomic E-state index is 0.00890. The van der Waals surface area contributed by atoms with E-state index in [0.717, 1.165) is 44.9 Å². The maximum absolute atomic E-state index is 13.0. The van der Waals surface area contributed by atoms with Gasteiger partial charge in [0.15, 0.2) is 0 Å². The molecule has 282 valence electrons. The zero-order valence-electron chi connectivity index (χ0n) is 29.4. The van der Waals surface area contributed by atoms with Crippen molar-refractivity contribution in [1.82, 2.24) is 42.5 Å². The predicted octanol–water partition coefficient (Wildman–Crippen LogP) is -0.614. The minimum atomic E-state index is -1.59. The third kappa shape index (κ3) is 6.61. The van der Waals surface area contributed by atoms with Crippen molar-refractivity contribution in [2.75, 3.05) is 0 Å². The first-order valence-corrected chi connectivity index (χ1v) is 20.9. The number of fused-ring (bicyclic) bond motifs is 17. The molecule has 3 aliphatic carbocycles. The molecule has 8 rings (SSSR count). The molecule has 0 aromatic carbocycles. The third-order valence-corrected chi connectivity index (χ3v) is 15.4.